The van der Waals surface area contributed by atoms with Gasteiger partial charge in [-0.1, -0.05) is 6.07 Å². The van der Waals surface area contributed by atoms with Gasteiger partial charge in [0, 0.05) is 43.8 Å². The summed E-state index contributed by atoms with van der Waals surface area (Å²) in [7, 11) is 1.82. The third-order valence-electron chi connectivity index (χ3n) is 4.28. The molecule has 0 N–H and O–H groups in total. The molecule has 1 atom stereocenters. The average molecular weight is 322 g/mol. The topological polar surface area (TPSA) is 50.5 Å². The number of hydrogen-bond acceptors (Lipinski definition) is 3. The Balaban J connectivity index is 1.77. The molecule has 0 aliphatic carbocycles. The molecule has 0 radical (unpaired) electrons. The Morgan fingerprint density at radius 3 is 2.75 bits per heavy atom. The smallest absolute Gasteiger partial charge is 0.274 e. The highest BCUT2D eigenvalue weighted by atomic mass is 16.2. The molecule has 3 rings (SSSR count). The lowest BCUT2D eigenvalue weighted by atomic mass is 10.1. The Morgan fingerprint density at radius 2 is 2.00 bits per heavy atom. The van der Waals surface area contributed by atoms with Crippen LogP contribution in [0.15, 0.2) is 42.9 Å². The van der Waals surface area contributed by atoms with Crippen molar-refractivity contribution in [2.24, 2.45) is 0 Å². The molecule has 0 aromatic carbocycles. The Morgan fingerprint density at radius 1 is 1.21 bits per heavy atom. The summed E-state index contributed by atoms with van der Waals surface area (Å²) in [5.74, 6) is -0.0727. The second kappa shape index (κ2) is 6.43. The molecule has 0 aliphatic heterocycles. The summed E-state index contributed by atoms with van der Waals surface area (Å²) in [6, 6.07) is 7.99. The van der Waals surface area contributed by atoms with E-state index in [-0.39, 0.29) is 11.9 Å². The fourth-order valence-electron chi connectivity index (χ4n) is 2.74. The molecule has 0 bridgehead atoms. The monoisotopic (exact) mass is 322 g/mol. The lowest BCUT2D eigenvalue weighted by Crippen LogP contribution is -2.36. The van der Waals surface area contributed by atoms with Crippen molar-refractivity contribution in [1.29, 1.82) is 0 Å². The Labute approximate surface area is 142 Å². The van der Waals surface area contributed by atoms with Crippen LogP contribution in [0.2, 0.25) is 0 Å². The van der Waals surface area contributed by atoms with E-state index in [9.17, 15) is 4.79 Å². The number of aromatic nitrogens is 3. The maximum atomic E-state index is 12.7. The van der Waals surface area contributed by atoms with Gasteiger partial charge < -0.3 is 9.30 Å². The number of amides is 1. The highest BCUT2D eigenvalue weighted by molar-refractivity contribution is 5.93. The fourth-order valence-corrected chi connectivity index (χ4v) is 2.74. The predicted molar refractivity (Wildman–Crippen MR) is 94.2 cm³/mol. The molecule has 3 aromatic rings. The van der Waals surface area contributed by atoms with Crippen molar-refractivity contribution in [3.05, 3.63) is 65.4 Å². The fraction of sp³-hybridized carbons (Fsp3) is 0.316. The maximum absolute atomic E-state index is 12.7. The van der Waals surface area contributed by atoms with Crippen LogP contribution in [-0.4, -0.2) is 38.3 Å². The van der Waals surface area contributed by atoms with Crippen molar-refractivity contribution in [3.8, 4) is 0 Å². The number of carbonyl (C=O) groups is 1. The van der Waals surface area contributed by atoms with Crippen LogP contribution >= 0.6 is 0 Å². The minimum atomic E-state index is -0.0727. The molecule has 3 aromatic heterocycles. The molecule has 1 amide bonds. The minimum Gasteiger partial charge on any atom is -0.337 e. The van der Waals surface area contributed by atoms with Crippen molar-refractivity contribution in [1.82, 2.24) is 19.3 Å². The molecule has 0 spiro atoms. The van der Waals surface area contributed by atoms with Gasteiger partial charge in [0.15, 0.2) is 0 Å². The van der Waals surface area contributed by atoms with E-state index in [4.69, 9.17) is 0 Å². The Hall–Kier alpha value is -2.69. The molecular formula is C19H22N4O. The number of imidazole rings is 1. The molecule has 5 heteroatoms. The number of fused-ring (bicyclic) bond motifs is 1. The number of carbonyl (C=O) groups excluding carboxylic acids is 1. The number of pyridine rings is 2. The van der Waals surface area contributed by atoms with Gasteiger partial charge in [0.1, 0.15) is 11.3 Å². The molecular weight excluding hydrogens is 300 g/mol. The van der Waals surface area contributed by atoms with Gasteiger partial charge in [0.05, 0.1) is 0 Å². The zero-order valence-electron chi connectivity index (χ0n) is 14.5. The van der Waals surface area contributed by atoms with E-state index in [1.54, 1.807) is 11.1 Å². The first kappa shape index (κ1) is 16.2. The average Bonchev–Trinajstić information content (AvgIpc) is 2.96. The van der Waals surface area contributed by atoms with E-state index >= 15 is 0 Å². The lowest BCUT2D eigenvalue weighted by molar-refractivity contribution is 0.0737. The van der Waals surface area contributed by atoms with Crippen molar-refractivity contribution < 1.29 is 4.79 Å². The number of likely N-dealkylation sites (N-methyl/N-ethyl adjacent to an activating group) is 1. The summed E-state index contributed by atoms with van der Waals surface area (Å²) < 4.78 is 1.89. The first-order chi connectivity index (χ1) is 11.4. The molecule has 0 unspecified atom stereocenters. The van der Waals surface area contributed by atoms with Crippen LogP contribution in [0.5, 0.6) is 0 Å². The number of hydrogen-bond donors (Lipinski definition) is 0. The third-order valence-corrected chi connectivity index (χ3v) is 4.28. The predicted octanol–water partition coefficient (Wildman–Crippen LogP) is 3.05. The minimum absolute atomic E-state index is 0.0401. The van der Waals surface area contributed by atoms with Crippen LogP contribution < -0.4 is 0 Å². The van der Waals surface area contributed by atoms with E-state index in [0.717, 1.165) is 23.3 Å². The van der Waals surface area contributed by atoms with Crippen LogP contribution in [0.25, 0.3) is 5.65 Å². The van der Waals surface area contributed by atoms with E-state index < -0.39 is 0 Å². The van der Waals surface area contributed by atoms with Gasteiger partial charge in [-0.05, 0) is 50.1 Å². The largest absolute Gasteiger partial charge is 0.337 e. The number of rotatable bonds is 4. The van der Waals surface area contributed by atoms with Crippen molar-refractivity contribution in [2.45, 2.75) is 33.2 Å². The molecule has 0 saturated carbocycles. The number of aryl methyl sites for hydroxylation is 2. The van der Waals surface area contributed by atoms with Gasteiger partial charge in [0.25, 0.3) is 5.91 Å². The summed E-state index contributed by atoms with van der Waals surface area (Å²) >= 11 is 0. The third kappa shape index (κ3) is 3.30. The quantitative estimate of drug-likeness (QED) is 0.742. The van der Waals surface area contributed by atoms with E-state index in [2.05, 4.69) is 16.0 Å². The highest BCUT2D eigenvalue weighted by Gasteiger charge is 2.20. The van der Waals surface area contributed by atoms with Gasteiger partial charge in [-0.3, -0.25) is 9.78 Å². The molecule has 3 heterocycles. The summed E-state index contributed by atoms with van der Waals surface area (Å²) in [5.41, 5.74) is 4.55. The van der Waals surface area contributed by atoms with Gasteiger partial charge in [-0.15, -0.1) is 0 Å². The SMILES string of the molecule is Cc1ccnc(C[C@@H](C)N(C)C(=O)c2cn3cc(C)ccc3n2)c1. The Kier molecular flexibility index (Phi) is 4.34. The van der Waals surface area contributed by atoms with Crippen LogP contribution in [0.1, 0.15) is 34.2 Å². The molecule has 0 fully saturated rings. The summed E-state index contributed by atoms with van der Waals surface area (Å²) in [5, 5.41) is 0. The zero-order valence-corrected chi connectivity index (χ0v) is 14.5. The van der Waals surface area contributed by atoms with E-state index in [1.165, 1.54) is 5.56 Å². The zero-order chi connectivity index (χ0) is 17.3. The van der Waals surface area contributed by atoms with Crippen LogP contribution in [0.4, 0.5) is 0 Å². The molecule has 0 aliphatic rings. The van der Waals surface area contributed by atoms with Crippen LogP contribution in [0.3, 0.4) is 0 Å². The molecule has 5 nitrogen and oxygen atoms in total. The van der Waals surface area contributed by atoms with Crippen LogP contribution in [-0.2, 0) is 6.42 Å². The van der Waals surface area contributed by atoms with Gasteiger partial charge in [-0.25, -0.2) is 4.98 Å². The molecule has 24 heavy (non-hydrogen) atoms. The normalized spacial score (nSPS) is 12.3. The van der Waals surface area contributed by atoms with Crippen LogP contribution in [0, 0.1) is 13.8 Å². The summed E-state index contributed by atoms with van der Waals surface area (Å²) in [4.78, 5) is 23.3. The van der Waals surface area contributed by atoms with E-state index in [0.29, 0.717) is 5.69 Å². The summed E-state index contributed by atoms with van der Waals surface area (Å²) in [6.45, 7) is 6.09. The van der Waals surface area contributed by atoms with Gasteiger partial charge in [0.2, 0.25) is 0 Å². The second-order valence-electron chi connectivity index (χ2n) is 6.39. The van der Waals surface area contributed by atoms with Crippen molar-refractivity contribution in [3.63, 3.8) is 0 Å². The maximum Gasteiger partial charge on any atom is 0.274 e. The highest BCUT2D eigenvalue weighted by Crippen LogP contribution is 2.13. The standard InChI is InChI=1S/C19H22N4O/c1-13-7-8-20-16(9-13)10-15(3)22(4)19(24)17-12-23-11-14(2)5-6-18(23)21-17/h5-9,11-12,15H,10H2,1-4H3/t15-/m1/s1. The van der Waals surface area contributed by atoms with Gasteiger partial charge in [-0.2, -0.15) is 0 Å². The summed E-state index contributed by atoms with van der Waals surface area (Å²) in [6.07, 6.45) is 6.29. The number of nitrogens with zero attached hydrogens (tertiary/aromatic N) is 4. The van der Waals surface area contributed by atoms with Crippen molar-refractivity contribution >= 4 is 11.6 Å². The van der Waals surface area contributed by atoms with E-state index in [1.807, 2.05) is 62.8 Å². The molecule has 0 saturated heterocycles. The van der Waals surface area contributed by atoms with Crippen molar-refractivity contribution in [2.75, 3.05) is 7.05 Å². The molecule has 124 valence electrons. The lowest BCUT2D eigenvalue weighted by Gasteiger charge is -2.24. The first-order valence-corrected chi connectivity index (χ1v) is 8.08. The second-order valence-corrected chi connectivity index (χ2v) is 6.39. The van der Waals surface area contributed by atoms with Gasteiger partial charge >= 0.3 is 0 Å². The first-order valence-electron chi connectivity index (χ1n) is 8.08. The Bertz CT molecular complexity index is 884.